The van der Waals surface area contributed by atoms with Gasteiger partial charge in [0, 0.05) is 36.3 Å². The van der Waals surface area contributed by atoms with E-state index >= 15 is 0 Å². The Kier molecular flexibility index (Phi) is 25.9. The van der Waals surface area contributed by atoms with Crippen molar-refractivity contribution in [1.29, 1.82) is 0 Å². The summed E-state index contributed by atoms with van der Waals surface area (Å²) in [7, 11) is 0. The maximum Gasteiger partial charge on any atom is 0.140 e. The van der Waals surface area contributed by atoms with Gasteiger partial charge in [0.1, 0.15) is 34.7 Å². The molecule has 0 unspecified atom stereocenters. The molecule has 0 spiro atoms. The van der Waals surface area contributed by atoms with Gasteiger partial charge in [0.15, 0.2) is 0 Å². The van der Waals surface area contributed by atoms with E-state index in [4.69, 9.17) is 0 Å². The fourth-order valence-electron chi connectivity index (χ4n) is 2.42. The van der Waals surface area contributed by atoms with E-state index in [0.29, 0.717) is 37.0 Å². The minimum Gasteiger partial charge on any atom is -0.300 e. The second-order valence-electron chi connectivity index (χ2n) is 9.05. The molecular weight excluding hydrogens is 440 g/mol. The summed E-state index contributed by atoms with van der Waals surface area (Å²) in [6.45, 7) is 16.1. The molecule has 31 heavy (non-hydrogen) atoms. The van der Waals surface area contributed by atoms with Gasteiger partial charge in [0.2, 0.25) is 0 Å². The van der Waals surface area contributed by atoms with E-state index in [1.165, 1.54) is 20.8 Å². The van der Waals surface area contributed by atoms with Crippen molar-refractivity contribution in [3.05, 3.63) is 0 Å². The van der Waals surface area contributed by atoms with Gasteiger partial charge in [-0.25, -0.2) is 0 Å². The van der Waals surface area contributed by atoms with Crippen LogP contribution in [-0.4, -0.2) is 34.7 Å². The predicted molar refractivity (Wildman–Crippen MR) is 119 cm³/mol. The molecule has 0 amide bonds. The summed E-state index contributed by atoms with van der Waals surface area (Å²) in [4.78, 5) is 63.8. The van der Waals surface area contributed by atoms with E-state index in [-0.39, 0.29) is 71.0 Å². The third-order valence-corrected chi connectivity index (χ3v) is 3.25. The molecule has 7 heteroatoms. The van der Waals surface area contributed by atoms with Gasteiger partial charge in [-0.15, -0.1) is 0 Å². The summed E-state index contributed by atoms with van der Waals surface area (Å²) in [6, 6.07) is 0. The molecule has 0 heterocycles. The second-order valence-corrected chi connectivity index (χ2v) is 9.05. The number of Topliss-reactive ketones (excluding diaryl/α,β-unsaturated/α-hetero) is 6. The summed E-state index contributed by atoms with van der Waals surface area (Å²) in [5, 5.41) is 0. The van der Waals surface area contributed by atoms with Crippen molar-refractivity contribution in [1.82, 2.24) is 0 Å². The monoisotopic (exact) mass is 482 g/mol. The topological polar surface area (TPSA) is 102 Å². The van der Waals surface area contributed by atoms with Crippen LogP contribution in [0.3, 0.4) is 0 Å². The van der Waals surface area contributed by atoms with E-state index in [2.05, 4.69) is 0 Å². The molecule has 0 N–H and O–H groups in total. The Balaban J connectivity index is -0.000000174. The first kappa shape index (κ1) is 36.9. The maximum atomic E-state index is 10.8. The van der Waals surface area contributed by atoms with Gasteiger partial charge in [-0.1, -0.05) is 41.5 Å². The van der Waals surface area contributed by atoms with Gasteiger partial charge >= 0.3 is 0 Å². The number of ketones is 6. The van der Waals surface area contributed by atoms with Crippen LogP contribution in [0.1, 0.15) is 101 Å². The van der Waals surface area contributed by atoms with Crippen LogP contribution in [0.15, 0.2) is 0 Å². The molecule has 0 rings (SSSR count). The summed E-state index contributed by atoms with van der Waals surface area (Å²) < 4.78 is 0. The summed E-state index contributed by atoms with van der Waals surface area (Å²) >= 11 is 0. The minimum atomic E-state index is -0.0364. The molecule has 0 aromatic rings. The zero-order chi connectivity index (χ0) is 24.4. The first-order valence-corrected chi connectivity index (χ1v) is 10.6. The van der Waals surface area contributed by atoms with Gasteiger partial charge in [-0.05, 0) is 38.5 Å². The van der Waals surface area contributed by atoms with Gasteiger partial charge in [-0.2, -0.15) is 0 Å². The van der Waals surface area contributed by atoms with Crippen LogP contribution >= 0.6 is 0 Å². The van der Waals surface area contributed by atoms with Crippen molar-refractivity contribution in [3.8, 4) is 0 Å². The van der Waals surface area contributed by atoms with Crippen LogP contribution in [0.4, 0.5) is 0 Å². The Morgan fingerprint density at radius 1 is 0.452 bits per heavy atom. The number of hydrogen-bond donors (Lipinski definition) is 0. The average Bonchev–Trinajstić information content (AvgIpc) is 2.42. The summed E-state index contributed by atoms with van der Waals surface area (Å²) in [5.74, 6) is 1.17. The SMILES string of the molecule is CC(=O)CC(=O)CC(C)C.CC(=O)CC(=O)CC(C)C.CC(=O)CC(=O)CC(C)C.[Fe]. The van der Waals surface area contributed by atoms with Crippen LogP contribution in [0.25, 0.3) is 0 Å². The number of carbonyl (C=O) groups excluding carboxylic acids is 6. The standard InChI is InChI=1S/3C8H14O2.Fe/c3*1-6(2)4-8(10)5-7(3)9;/h3*6H,4-5H2,1-3H3;. The summed E-state index contributed by atoms with van der Waals surface area (Å²) in [6.07, 6.45) is 1.91. The number of hydrogen-bond acceptors (Lipinski definition) is 6. The van der Waals surface area contributed by atoms with Crippen molar-refractivity contribution < 1.29 is 45.8 Å². The molecule has 0 saturated carbocycles. The predicted octanol–water partition coefficient (Wildman–Crippen LogP) is 4.74. The Morgan fingerprint density at radius 2 is 0.613 bits per heavy atom. The molecule has 0 bridgehead atoms. The Labute approximate surface area is 199 Å². The molecule has 0 aliphatic carbocycles. The largest absolute Gasteiger partial charge is 0.300 e. The van der Waals surface area contributed by atoms with Gasteiger partial charge in [0.25, 0.3) is 0 Å². The maximum absolute atomic E-state index is 10.8. The normalized spacial score (nSPS) is 9.68. The second kappa shape index (κ2) is 21.8. The van der Waals surface area contributed by atoms with E-state index < -0.39 is 0 Å². The van der Waals surface area contributed by atoms with E-state index in [1.807, 2.05) is 41.5 Å². The van der Waals surface area contributed by atoms with Crippen LogP contribution in [-0.2, 0) is 45.8 Å². The fraction of sp³-hybridized carbons (Fsp3) is 0.750. The molecule has 0 radical (unpaired) electrons. The number of rotatable bonds is 12. The van der Waals surface area contributed by atoms with Gasteiger partial charge < -0.3 is 0 Å². The molecule has 6 nitrogen and oxygen atoms in total. The minimum absolute atomic E-state index is 0. The smallest absolute Gasteiger partial charge is 0.140 e. The van der Waals surface area contributed by atoms with Gasteiger partial charge in [0.05, 0.1) is 19.3 Å². The van der Waals surface area contributed by atoms with Gasteiger partial charge in [-0.3, -0.25) is 28.8 Å². The molecular formula is C24H42FeO6. The summed E-state index contributed by atoms with van der Waals surface area (Å²) in [5.41, 5.74) is 0. The molecule has 0 aliphatic rings. The Hall–Kier alpha value is -1.46. The zero-order valence-corrected chi connectivity index (χ0v) is 21.9. The van der Waals surface area contributed by atoms with Crippen molar-refractivity contribution in [2.24, 2.45) is 17.8 Å². The van der Waals surface area contributed by atoms with Crippen molar-refractivity contribution in [2.75, 3.05) is 0 Å². The molecule has 0 atom stereocenters. The van der Waals surface area contributed by atoms with Crippen LogP contribution in [0, 0.1) is 17.8 Å². The Bertz CT molecular complexity index is 496. The van der Waals surface area contributed by atoms with E-state index in [1.54, 1.807) is 0 Å². The van der Waals surface area contributed by atoms with E-state index in [9.17, 15) is 28.8 Å². The molecule has 0 fully saturated rings. The van der Waals surface area contributed by atoms with Crippen molar-refractivity contribution >= 4 is 34.7 Å². The molecule has 0 aliphatic heterocycles. The van der Waals surface area contributed by atoms with E-state index in [0.717, 1.165) is 0 Å². The van der Waals surface area contributed by atoms with Crippen molar-refractivity contribution in [2.45, 2.75) is 101 Å². The molecule has 0 saturated heterocycles. The van der Waals surface area contributed by atoms with Crippen LogP contribution < -0.4 is 0 Å². The first-order chi connectivity index (χ1) is 13.6. The fourth-order valence-corrected chi connectivity index (χ4v) is 2.42. The van der Waals surface area contributed by atoms with Crippen LogP contribution in [0.2, 0.25) is 0 Å². The number of carbonyl (C=O) groups is 6. The average molecular weight is 482 g/mol. The first-order valence-electron chi connectivity index (χ1n) is 10.6. The van der Waals surface area contributed by atoms with Crippen molar-refractivity contribution in [3.63, 3.8) is 0 Å². The quantitative estimate of drug-likeness (QED) is 0.294. The third-order valence-electron chi connectivity index (χ3n) is 3.25. The molecule has 0 aromatic heterocycles. The zero-order valence-electron chi connectivity index (χ0n) is 20.8. The molecule has 0 aromatic carbocycles. The third kappa shape index (κ3) is 39.6. The molecule has 182 valence electrons. The van der Waals surface area contributed by atoms with Crippen LogP contribution in [0.5, 0.6) is 0 Å². The Morgan fingerprint density at radius 3 is 0.710 bits per heavy atom.